The van der Waals surface area contributed by atoms with Crippen LogP contribution < -0.4 is 10.0 Å². The second-order valence-electron chi connectivity index (χ2n) is 3.56. The molecule has 2 rings (SSSR count). The zero-order chi connectivity index (χ0) is 12.3. The molecule has 1 aromatic carbocycles. The van der Waals surface area contributed by atoms with Crippen LogP contribution in [0.1, 0.15) is 6.92 Å². The van der Waals surface area contributed by atoms with Crippen LogP contribution in [0.3, 0.4) is 0 Å². The number of carbonyl (C=O) groups is 1. The number of anilines is 1. The number of nitrogens with zero attached hydrogens (tertiary/aromatic N) is 2. The van der Waals surface area contributed by atoms with Gasteiger partial charge in [-0.1, -0.05) is 12.1 Å². The number of hydrogen-bond acceptors (Lipinski definition) is 3. The third-order valence-corrected chi connectivity index (χ3v) is 2.18. The van der Waals surface area contributed by atoms with Gasteiger partial charge >= 0.3 is 0 Å². The van der Waals surface area contributed by atoms with E-state index in [4.69, 9.17) is 0 Å². The normalized spacial score (nSPS) is 9.94. The van der Waals surface area contributed by atoms with Crippen molar-refractivity contribution >= 4 is 11.6 Å². The third kappa shape index (κ3) is 2.78. The molecule has 1 N–H and O–H groups in total. The number of rotatable bonds is 2. The fourth-order valence-electron chi connectivity index (χ4n) is 1.45. The lowest BCUT2D eigenvalue weighted by Gasteiger charge is -2.03. The smallest absolute Gasteiger partial charge is 0.221 e. The average Bonchev–Trinajstić information content (AvgIpc) is 2.29. The van der Waals surface area contributed by atoms with E-state index in [1.54, 1.807) is 24.3 Å². The maximum absolute atomic E-state index is 11.1. The second-order valence-corrected chi connectivity index (χ2v) is 3.56. The molecule has 5 heteroatoms. The molecule has 0 bridgehead atoms. The summed E-state index contributed by atoms with van der Waals surface area (Å²) in [6.07, 6.45) is 4.17. The number of nitrogens with one attached hydrogen (secondary N) is 1. The van der Waals surface area contributed by atoms with Gasteiger partial charge in [-0.25, -0.2) is 4.98 Å². The minimum atomic E-state index is -0.118. The summed E-state index contributed by atoms with van der Waals surface area (Å²) < 4.78 is 0.698. The minimum absolute atomic E-state index is 0.118. The van der Waals surface area contributed by atoms with Crippen LogP contribution in [0.2, 0.25) is 0 Å². The standard InChI is InChI=1S/C12H11N3O2/c1-9(16)14-11-4-2-10(3-5-11)12-8-15(17)7-6-13-12/h2-8H,1H3,(H,14,16). The Bertz CT molecular complexity index is 538. The average molecular weight is 229 g/mol. The van der Waals surface area contributed by atoms with Crippen molar-refractivity contribution in [2.75, 3.05) is 5.32 Å². The lowest BCUT2D eigenvalue weighted by Crippen LogP contribution is -2.24. The van der Waals surface area contributed by atoms with Gasteiger partial charge in [0.1, 0.15) is 5.69 Å². The zero-order valence-electron chi connectivity index (χ0n) is 9.25. The van der Waals surface area contributed by atoms with E-state index < -0.39 is 0 Å². The SMILES string of the molecule is CC(=O)Nc1ccc(-c2c[n+]([O-])ccn2)cc1. The molecular formula is C12H11N3O2. The number of carbonyl (C=O) groups excluding carboxylic acids is 1. The molecule has 1 heterocycles. The number of aromatic nitrogens is 2. The number of hydrogen-bond donors (Lipinski definition) is 1. The summed E-state index contributed by atoms with van der Waals surface area (Å²) in [5, 5.41) is 13.8. The van der Waals surface area contributed by atoms with Crippen LogP contribution in [0.25, 0.3) is 11.3 Å². The quantitative estimate of drug-likeness (QED) is 0.624. The predicted octanol–water partition coefficient (Wildman–Crippen LogP) is 1.34. The van der Waals surface area contributed by atoms with E-state index >= 15 is 0 Å². The Morgan fingerprint density at radius 1 is 1.35 bits per heavy atom. The molecule has 0 aliphatic carbocycles. The van der Waals surface area contributed by atoms with E-state index in [1.807, 2.05) is 0 Å². The summed E-state index contributed by atoms with van der Waals surface area (Å²) in [5.74, 6) is -0.118. The summed E-state index contributed by atoms with van der Waals surface area (Å²) >= 11 is 0. The highest BCUT2D eigenvalue weighted by molar-refractivity contribution is 5.88. The first-order chi connectivity index (χ1) is 8.15. The Labute approximate surface area is 98.3 Å². The van der Waals surface area contributed by atoms with E-state index in [0.717, 1.165) is 5.56 Å². The van der Waals surface area contributed by atoms with E-state index in [2.05, 4.69) is 10.3 Å². The van der Waals surface area contributed by atoms with Gasteiger partial charge in [-0.05, 0) is 12.1 Å². The predicted molar refractivity (Wildman–Crippen MR) is 62.9 cm³/mol. The van der Waals surface area contributed by atoms with Gasteiger partial charge < -0.3 is 10.5 Å². The van der Waals surface area contributed by atoms with Crippen LogP contribution in [-0.2, 0) is 4.79 Å². The molecule has 5 nitrogen and oxygen atoms in total. The van der Waals surface area contributed by atoms with Crippen LogP contribution in [-0.4, -0.2) is 10.9 Å². The summed E-state index contributed by atoms with van der Waals surface area (Å²) in [6.45, 7) is 1.45. The molecule has 0 fully saturated rings. The summed E-state index contributed by atoms with van der Waals surface area (Å²) in [7, 11) is 0. The van der Waals surface area contributed by atoms with Gasteiger partial charge in [0.15, 0.2) is 6.20 Å². The highest BCUT2D eigenvalue weighted by Crippen LogP contribution is 2.17. The van der Waals surface area contributed by atoms with Gasteiger partial charge in [-0.2, -0.15) is 4.73 Å². The Morgan fingerprint density at radius 3 is 2.65 bits per heavy atom. The van der Waals surface area contributed by atoms with Crippen LogP contribution >= 0.6 is 0 Å². The molecule has 0 spiro atoms. The second kappa shape index (κ2) is 4.61. The molecule has 0 unspecified atom stereocenters. The fraction of sp³-hybridized carbons (Fsp3) is 0.0833. The Hall–Kier alpha value is -2.43. The van der Waals surface area contributed by atoms with Crippen LogP contribution in [0.4, 0.5) is 5.69 Å². The fourth-order valence-corrected chi connectivity index (χ4v) is 1.45. The molecule has 86 valence electrons. The summed E-state index contributed by atoms with van der Waals surface area (Å²) in [5.41, 5.74) is 2.13. The van der Waals surface area contributed by atoms with Crippen molar-refractivity contribution in [3.63, 3.8) is 0 Å². The first kappa shape index (κ1) is 11.1. The molecule has 0 saturated carbocycles. The number of amides is 1. The topological polar surface area (TPSA) is 68.9 Å². The molecule has 0 radical (unpaired) electrons. The molecule has 0 aliphatic rings. The molecule has 0 atom stereocenters. The Kier molecular flexibility index (Phi) is 3.00. The van der Waals surface area contributed by atoms with Gasteiger partial charge in [0, 0.05) is 18.2 Å². The maximum Gasteiger partial charge on any atom is 0.221 e. The van der Waals surface area contributed by atoms with Gasteiger partial charge in [0.25, 0.3) is 0 Å². The van der Waals surface area contributed by atoms with E-state index in [9.17, 15) is 10.0 Å². The highest BCUT2D eigenvalue weighted by atomic mass is 16.5. The van der Waals surface area contributed by atoms with E-state index in [1.165, 1.54) is 25.5 Å². The van der Waals surface area contributed by atoms with E-state index in [-0.39, 0.29) is 5.91 Å². The van der Waals surface area contributed by atoms with Crippen molar-refractivity contribution in [1.29, 1.82) is 0 Å². The maximum atomic E-state index is 11.1. The van der Waals surface area contributed by atoms with Crippen molar-refractivity contribution in [3.05, 3.63) is 48.1 Å². The Morgan fingerprint density at radius 2 is 2.06 bits per heavy atom. The molecule has 0 aliphatic heterocycles. The molecule has 17 heavy (non-hydrogen) atoms. The molecular weight excluding hydrogens is 218 g/mol. The monoisotopic (exact) mass is 229 g/mol. The van der Waals surface area contributed by atoms with Crippen molar-refractivity contribution in [2.24, 2.45) is 0 Å². The van der Waals surface area contributed by atoms with Gasteiger partial charge in [-0.15, -0.1) is 0 Å². The van der Waals surface area contributed by atoms with Crippen molar-refractivity contribution in [2.45, 2.75) is 6.92 Å². The van der Waals surface area contributed by atoms with Gasteiger partial charge in [0.2, 0.25) is 12.1 Å². The lowest BCUT2D eigenvalue weighted by molar-refractivity contribution is -0.605. The first-order valence-electron chi connectivity index (χ1n) is 5.08. The van der Waals surface area contributed by atoms with Crippen LogP contribution in [0.5, 0.6) is 0 Å². The lowest BCUT2D eigenvalue weighted by atomic mass is 10.1. The Balaban J connectivity index is 2.26. The first-order valence-corrected chi connectivity index (χ1v) is 5.08. The van der Waals surface area contributed by atoms with Gasteiger partial charge in [-0.3, -0.25) is 4.79 Å². The van der Waals surface area contributed by atoms with Crippen molar-refractivity contribution in [1.82, 2.24) is 4.98 Å². The summed E-state index contributed by atoms with van der Waals surface area (Å²) in [6, 6.07) is 7.13. The summed E-state index contributed by atoms with van der Waals surface area (Å²) in [4.78, 5) is 14.9. The van der Waals surface area contributed by atoms with E-state index in [0.29, 0.717) is 16.1 Å². The molecule has 1 amide bonds. The third-order valence-electron chi connectivity index (χ3n) is 2.18. The molecule has 0 saturated heterocycles. The number of benzene rings is 1. The highest BCUT2D eigenvalue weighted by Gasteiger charge is 2.03. The molecule has 1 aromatic heterocycles. The largest absolute Gasteiger partial charge is 0.619 e. The minimum Gasteiger partial charge on any atom is -0.619 e. The molecule has 2 aromatic rings. The zero-order valence-corrected chi connectivity index (χ0v) is 9.25. The van der Waals surface area contributed by atoms with Crippen LogP contribution in [0, 0.1) is 5.21 Å². The van der Waals surface area contributed by atoms with Crippen LogP contribution in [0.15, 0.2) is 42.9 Å². The van der Waals surface area contributed by atoms with Gasteiger partial charge in [0.05, 0.1) is 6.20 Å². The van der Waals surface area contributed by atoms with Crippen molar-refractivity contribution < 1.29 is 9.52 Å². The van der Waals surface area contributed by atoms with Crippen molar-refractivity contribution in [3.8, 4) is 11.3 Å².